The molecule has 0 amide bonds. The Hall–Kier alpha value is -1.30. The summed E-state index contributed by atoms with van der Waals surface area (Å²) in [6, 6.07) is 1.47. The van der Waals surface area contributed by atoms with E-state index in [1.807, 2.05) is 0 Å². The molecule has 6 heteroatoms. The lowest BCUT2D eigenvalue weighted by molar-refractivity contribution is 0.0688. The van der Waals surface area contributed by atoms with E-state index in [0.29, 0.717) is 5.03 Å². The molecule has 1 rings (SSSR count). The van der Waals surface area contributed by atoms with E-state index in [-0.39, 0.29) is 11.7 Å². The number of carboxylic acid groups (broad SMARTS) is 1. The zero-order valence-corrected chi connectivity index (χ0v) is 7.96. The lowest BCUT2D eigenvalue weighted by Crippen LogP contribution is -2.04. The number of hydrogen-bond donors (Lipinski definition) is 1. The van der Waals surface area contributed by atoms with Crippen LogP contribution in [0.4, 0.5) is 0 Å². The zero-order chi connectivity index (χ0) is 9.84. The largest absolute Gasteiger partial charge is 0.477 e. The average molecular weight is 200 g/mol. The van der Waals surface area contributed by atoms with Crippen LogP contribution in [0.1, 0.15) is 10.5 Å². The van der Waals surface area contributed by atoms with Crippen LogP contribution in [0, 0.1) is 0 Å². The molecule has 0 unspecified atom stereocenters. The van der Waals surface area contributed by atoms with E-state index in [9.17, 15) is 4.79 Å². The maximum absolute atomic E-state index is 10.6. The number of carboxylic acids is 1. The number of aromatic carboxylic acids is 1. The molecule has 0 saturated carbocycles. The van der Waals surface area contributed by atoms with Crippen LogP contribution in [-0.4, -0.2) is 34.4 Å². The summed E-state index contributed by atoms with van der Waals surface area (Å²) in [6.45, 7) is 0. The molecule has 0 aromatic carbocycles. The minimum atomic E-state index is -1.09. The van der Waals surface area contributed by atoms with Crippen LogP contribution in [0.25, 0.3) is 0 Å². The van der Waals surface area contributed by atoms with E-state index in [1.54, 1.807) is 6.26 Å². The fourth-order valence-electron chi connectivity index (χ4n) is 0.709. The molecule has 0 fully saturated rings. The molecule has 0 radical (unpaired) electrons. The summed E-state index contributed by atoms with van der Waals surface area (Å²) < 4.78 is 4.75. The Morgan fingerprint density at radius 2 is 2.31 bits per heavy atom. The second kappa shape index (κ2) is 4.08. The highest BCUT2D eigenvalue weighted by Crippen LogP contribution is 2.15. The van der Waals surface area contributed by atoms with E-state index in [4.69, 9.17) is 9.84 Å². The van der Waals surface area contributed by atoms with Gasteiger partial charge in [-0.1, -0.05) is 0 Å². The third-order valence-electron chi connectivity index (χ3n) is 1.29. The van der Waals surface area contributed by atoms with Crippen LogP contribution in [0.3, 0.4) is 0 Å². The lowest BCUT2D eigenvalue weighted by atomic mass is 10.4. The van der Waals surface area contributed by atoms with Gasteiger partial charge in [0.2, 0.25) is 0 Å². The standard InChI is InChI=1S/C7H8N2O3S/c1-12-7-8-4(6(10)11)3-5(9-7)13-2/h3H,1-2H3,(H,10,11). The minimum absolute atomic E-state index is 0.0591. The number of thioether (sulfide) groups is 1. The van der Waals surface area contributed by atoms with Crippen LogP contribution in [-0.2, 0) is 0 Å². The van der Waals surface area contributed by atoms with Gasteiger partial charge in [0.1, 0.15) is 5.03 Å². The van der Waals surface area contributed by atoms with Gasteiger partial charge in [0.15, 0.2) is 5.69 Å². The van der Waals surface area contributed by atoms with Crippen LogP contribution < -0.4 is 4.74 Å². The van der Waals surface area contributed by atoms with Crippen molar-refractivity contribution in [3.8, 4) is 6.01 Å². The Balaban J connectivity index is 3.14. The van der Waals surface area contributed by atoms with Crippen molar-refractivity contribution in [3.63, 3.8) is 0 Å². The van der Waals surface area contributed by atoms with Crippen molar-refractivity contribution in [2.75, 3.05) is 13.4 Å². The van der Waals surface area contributed by atoms with Gasteiger partial charge in [-0.3, -0.25) is 0 Å². The molecule has 1 N–H and O–H groups in total. The van der Waals surface area contributed by atoms with Gasteiger partial charge < -0.3 is 9.84 Å². The third-order valence-corrected chi connectivity index (χ3v) is 1.92. The molecule has 1 aromatic heterocycles. The van der Waals surface area contributed by atoms with Gasteiger partial charge in [-0.2, -0.15) is 9.97 Å². The maximum atomic E-state index is 10.6. The van der Waals surface area contributed by atoms with Crippen LogP contribution >= 0.6 is 11.8 Å². The number of carbonyl (C=O) groups is 1. The van der Waals surface area contributed by atoms with E-state index in [0.717, 1.165) is 0 Å². The Morgan fingerprint density at radius 1 is 1.62 bits per heavy atom. The molecule has 0 bridgehead atoms. The number of methoxy groups -OCH3 is 1. The van der Waals surface area contributed by atoms with Crippen LogP contribution in [0.2, 0.25) is 0 Å². The molecule has 5 nitrogen and oxygen atoms in total. The van der Waals surface area contributed by atoms with Gasteiger partial charge in [-0.25, -0.2) is 4.79 Å². The number of hydrogen-bond acceptors (Lipinski definition) is 5. The molecule has 0 atom stereocenters. The second-order valence-electron chi connectivity index (χ2n) is 2.09. The molecular formula is C7H8N2O3S. The summed E-state index contributed by atoms with van der Waals surface area (Å²) in [7, 11) is 1.39. The number of rotatable bonds is 3. The number of nitrogens with zero attached hydrogens (tertiary/aromatic N) is 2. The molecule has 0 aliphatic carbocycles. The van der Waals surface area contributed by atoms with Gasteiger partial charge in [0, 0.05) is 6.07 Å². The van der Waals surface area contributed by atoms with Gasteiger partial charge in [-0.05, 0) is 6.26 Å². The zero-order valence-electron chi connectivity index (χ0n) is 7.14. The highest BCUT2D eigenvalue weighted by atomic mass is 32.2. The molecular weight excluding hydrogens is 192 g/mol. The first-order valence-electron chi connectivity index (χ1n) is 3.37. The second-order valence-corrected chi connectivity index (χ2v) is 2.91. The summed E-state index contributed by atoms with van der Waals surface area (Å²) in [4.78, 5) is 18.2. The van der Waals surface area contributed by atoms with Crippen molar-refractivity contribution in [1.29, 1.82) is 0 Å². The van der Waals surface area contributed by atoms with Gasteiger partial charge >= 0.3 is 12.0 Å². The first-order valence-corrected chi connectivity index (χ1v) is 4.60. The van der Waals surface area contributed by atoms with Crippen molar-refractivity contribution in [2.45, 2.75) is 5.03 Å². The Morgan fingerprint density at radius 3 is 2.77 bits per heavy atom. The SMILES string of the molecule is COc1nc(SC)cc(C(=O)O)n1. The monoisotopic (exact) mass is 200 g/mol. The molecule has 0 aliphatic rings. The lowest BCUT2D eigenvalue weighted by Gasteiger charge is -2.01. The average Bonchev–Trinajstić information content (AvgIpc) is 2.16. The molecule has 0 spiro atoms. The molecule has 1 aromatic rings. The van der Waals surface area contributed by atoms with Gasteiger partial charge in [0.25, 0.3) is 0 Å². The van der Waals surface area contributed by atoms with Crippen molar-refractivity contribution in [1.82, 2.24) is 9.97 Å². The Kier molecular flexibility index (Phi) is 3.07. The topological polar surface area (TPSA) is 72.3 Å². The molecule has 70 valence electrons. The highest BCUT2D eigenvalue weighted by Gasteiger charge is 2.09. The number of aromatic nitrogens is 2. The predicted molar refractivity (Wildman–Crippen MR) is 47.3 cm³/mol. The van der Waals surface area contributed by atoms with E-state index in [1.165, 1.54) is 24.9 Å². The first-order chi connectivity index (χ1) is 6.17. The fourth-order valence-corrected chi connectivity index (χ4v) is 1.11. The minimum Gasteiger partial charge on any atom is -0.477 e. The molecule has 1 heterocycles. The van der Waals surface area contributed by atoms with Crippen LogP contribution in [0.15, 0.2) is 11.1 Å². The predicted octanol–water partition coefficient (Wildman–Crippen LogP) is 0.905. The van der Waals surface area contributed by atoms with E-state index in [2.05, 4.69) is 9.97 Å². The summed E-state index contributed by atoms with van der Waals surface area (Å²) in [5.74, 6) is -1.09. The number of ether oxygens (including phenoxy) is 1. The summed E-state index contributed by atoms with van der Waals surface area (Å²) in [6.07, 6.45) is 1.80. The molecule has 0 saturated heterocycles. The highest BCUT2D eigenvalue weighted by molar-refractivity contribution is 7.98. The summed E-state index contributed by atoms with van der Waals surface area (Å²) >= 11 is 1.34. The van der Waals surface area contributed by atoms with Gasteiger partial charge in [0.05, 0.1) is 7.11 Å². The van der Waals surface area contributed by atoms with Crippen molar-refractivity contribution in [2.24, 2.45) is 0 Å². The smallest absolute Gasteiger partial charge is 0.354 e. The maximum Gasteiger partial charge on any atom is 0.354 e. The van der Waals surface area contributed by atoms with Crippen molar-refractivity contribution < 1.29 is 14.6 Å². The fraction of sp³-hybridized carbons (Fsp3) is 0.286. The molecule has 13 heavy (non-hydrogen) atoms. The Bertz CT molecular complexity index is 307. The van der Waals surface area contributed by atoms with E-state index < -0.39 is 5.97 Å². The normalized spacial score (nSPS) is 9.69. The van der Waals surface area contributed by atoms with Crippen LogP contribution in [0.5, 0.6) is 6.01 Å². The Labute approximate surface area is 79.2 Å². The summed E-state index contributed by atoms with van der Waals surface area (Å²) in [5.41, 5.74) is -0.0591. The van der Waals surface area contributed by atoms with Crippen molar-refractivity contribution in [3.05, 3.63) is 11.8 Å². The quantitative estimate of drug-likeness (QED) is 0.577. The van der Waals surface area contributed by atoms with E-state index >= 15 is 0 Å². The summed E-state index contributed by atoms with van der Waals surface area (Å²) in [5, 5.41) is 9.24. The third kappa shape index (κ3) is 2.32. The molecule has 0 aliphatic heterocycles. The van der Waals surface area contributed by atoms with Crippen molar-refractivity contribution >= 4 is 17.7 Å². The van der Waals surface area contributed by atoms with Gasteiger partial charge in [-0.15, -0.1) is 11.8 Å². The first kappa shape index (κ1) is 9.79.